The van der Waals surface area contributed by atoms with Crippen LogP contribution in [0.2, 0.25) is 0 Å². The third kappa shape index (κ3) is 5.61. The summed E-state index contributed by atoms with van der Waals surface area (Å²) in [5, 5.41) is 6.97. The van der Waals surface area contributed by atoms with E-state index in [0.717, 1.165) is 68.5 Å². The first-order chi connectivity index (χ1) is 12.7. The van der Waals surface area contributed by atoms with Crippen LogP contribution in [0.1, 0.15) is 71.8 Å². The van der Waals surface area contributed by atoms with Crippen LogP contribution in [0, 0.1) is 0 Å². The van der Waals surface area contributed by atoms with E-state index in [-0.39, 0.29) is 24.8 Å². The molecule has 0 unspecified atom stereocenters. The molecule has 2 aromatic rings. The van der Waals surface area contributed by atoms with Gasteiger partial charge in [-0.25, -0.2) is 4.98 Å². The van der Waals surface area contributed by atoms with Crippen molar-refractivity contribution < 1.29 is 0 Å². The summed E-state index contributed by atoms with van der Waals surface area (Å²) in [5.41, 5.74) is 7.81. The normalized spacial score (nSPS) is 19.2. The average Bonchev–Trinajstić information content (AvgIpc) is 3.07. The molecule has 0 saturated heterocycles. The first-order valence-corrected chi connectivity index (χ1v) is 10.2. The SMILES string of the molecule is CCCNc1nc(N[C@H]2CC[C@H](N)CC2)nc2c1ncn2C(CC)CC.Cl.Cl. The summed E-state index contributed by atoms with van der Waals surface area (Å²) in [4.78, 5) is 14.2. The number of anilines is 2. The highest BCUT2D eigenvalue weighted by molar-refractivity contribution is 5.86. The molecule has 1 aliphatic rings. The summed E-state index contributed by atoms with van der Waals surface area (Å²) in [7, 11) is 0. The van der Waals surface area contributed by atoms with Gasteiger partial charge in [0.2, 0.25) is 5.95 Å². The van der Waals surface area contributed by atoms with Crippen molar-refractivity contribution in [2.75, 3.05) is 17.2 Å². The van der Waals surface area contributed by atoms with Gasteiger partial charge in [0.05, 0.1) is 6.33 Å². The van der Waals surface area contributed by atoms with Crippen LogP contribution in [0.15, 0.2) is 6.33 Å². The number of halogens is 2. The maximum atomic E-state index is 6.03. The Labute approximate surface area is 180 Å². The molecule has 1 saturated carbocycles. The van der Waals surface area contributed by atoms with Crippen LogP contribution >= 0.6 is 24.8 Å². The first-order valence-electron chi connectivity index (χ1n) is 10.2. The van der Waals surface area contributed by atoms with E-state index < -0.39 is 0 Å². The number of aromatic nitrogens is 4. The number of rotatable bonds is 8. The smallest absolute Gasteiger partial charge is 0.227 e. The van der Waals surface area contributed by atoms with Gasteiger partial charge in [0.25, 0.3) is 0 Å². The van der Waals surface area contributed by atoms with E-state index in [9.17, 15) is 0 Å². The number of hydrogen-bond donors (Lipinski definition) is 3. The molecule has 0 atom stereocenters. The number of nitrogens with one attached hydrogen (secondary N) is 2. The summed E-state index contributed by atoms with van der Waals surface area (Å²) in [5.74, 6) is 1.53. The molecule has 0 spiro atoms. The molecule has 0 aromatic carbocycles. The lowest BCUT2D eigenvalue weighted by molar-refractivity contribution is 0.410. The van der Waals surface area contributed by atoms with Crippen LogP contribution < -0.4 is 16.4 Å². The van der Waals surface area contributed by atoms with Crippen molar-refractivity contribution in [3.05, 3.63) is 6.33 Å². The van der Waals surface area contributed by atoms with Crippen molar-refractivity contribution in [2.45, 2.75) is 83.8 Å². The minimum atomic E-state index is 0. The fourth-order valence-electron chi connectivity index (χ4n) is 3.74. The molecule has 1 aliphatic carbocycles. The van der Waals surface area contributed by atoms with E-state index in [1.807, 2.05) is 6.33 Å². The number of fused-ring (bicyclic) bond motifs is 1. The maximum Gasteiger partial charge on any atom is 0.227 e. The van der Waals surface area contributed by atoms with Gasteiger partial charge in [0, 0.05) is 24.7 Å². The van der Waals surface area contributed by atoms with Gasteiger partial charge in [-0.05, 0) is 44.9 Å². The highest BCUT2D eigenvalue weighted by atomic mass is 35.5. The van der Waals surface area contributed by atoms with Gasteiger partial charge >= 0.3 is 0 Å². The maximum absolute atomic E-state index is 6.03. The topological polar surface area (TPSA) is 93.7 Å². The molecule has 0 aliphatic heterocycles. The minimum absolute atomic E-state index is 0. The van der Waals surface area contributed by atoms with Crippen LogP contribution in [-0.2, 0) is 0 Å². The Bertz CT molecular complexity index is 710. The van der Waals surface area contributed by atoms with Crippen molar-refractivity contribution in [1.29, 1.82) is 0 Å². The quantitative estimate of drug-likeness (QED) is 0.567. The zero-order valence-corrected chi connectivity index (χ0v) is 18.8. The molecule has 7 nitrogen and oxygen atoms in total. The van der Waals surface area contributed by atoms with E-state index >= 15 is 0 Å². The third-order valence-electron chi connectivity index (χ3n) is 5.40. The van der Waals surface area contributed by atoms with E-state index in [1.54, 1.807) is 0 Å². The fourth-order valence-corrected chi connectivity index (χ4v) is 3.74. The summed E-state index contributed by atoms with van der Waals surface area (Å²) in [6.07, 6.45) is 9.36. The summed E-state index contributed by atoms with van der Waals surface area (Å²) >= 11 is 0. The Morgan fingerprint density at radius 3 is 2.39 bits per heavy atom. The molecule has 0 bridgehead atoms. The molecule has 2 aromatic heterocycles. The van der Waals surface area contributed by atoms with Crippen LogP contribution in [0.3, 0.4) is 0 Å². The van der Waals surface area contributed by atoms with Crippen molar-refractivity contribution in [1.82, 2.24) is 19.5 Å². The second kappa shape index (κ2) is 11.6. The second-order valence-corrected chi connectivity index (χ2v) is 7.37. The van der Waals surface area contributed by atoms with Crippen molar-refractivity contribution in [2.24, 2.45) is 5.73 Å². The zero-order valence-electron chi connectivity index (χ0n) is 17.1. The van der Waals surface area contributed by atoms with Crippen LogP contribution in [-0.4, -0.2) is 38.1 Å². The van der Waals surface area contributed by atoms with E-state index in [2.05, 4.69) is 41.0 Å². The Balaban J connectivity index is 0.00000196. The molecule has 9 heteroatoms. The van der Waals surface area contributed by atoms with Gasteiger partial charge in [-0.1, -0.05) is 20.8 Å². The van der Waals surface area contributed by atoms with Crippen LogP contribution in [0.5, 0.6) is 0 Å². The van der Waals surface area contributed by atoms with Gasteiger partial charge < -0.3 is 20.9 Å². The zero-order chi connectivity index (χ0) is 18.5. The predicted molar refractivity (Wildman–Crippen MR) is 122 cm³/mol. The molecule has 0 radical (unpaired) electrons. The van der Waals surface area contributed by atoms with Gasteiger partial charge in [-0.2, -0.15) is 9.97 Å². The Kier molecular flexibility index (Phi) is 10.3. The standard InChI is InChI=1S/C19H33N7.2ClH/c1-4-11-21-17-16-18(26(12-22-16)15(5-2)6-3)25-19(24-17)23-14-9-7-13(20)8-10-14;;/h12-15H,4-11,20H2,1-3H3,(H2,21,23,24,25);2*1H/t13-,14-;;. The molecule has 0 amide bonds. The predicted octanol–water partition coefficient (Wildman–Crippen LogP) is 4.53. The van der Waals surface area contributed by atoms with Gasteiger partial charge in [-0.3, -0.25) is 0 Å². The first kappa shape index (κ1) is 24.7. The van der Waals surface area contributed by atoms with E-state index in [4.69, 9.17) is 15.7 Å². The lowest BCUT2D eigenvalue weighted by Crippen LogP contribution is -2.33. The van der Waals surface area contributed by atoms with Crippen LogP contribution in [0.25, 0.3) is 11.2 Å². The Hall–Kier alpha value is -1.31. The lowest BCUT2D eigenvalue weighted by atomic mass is 9.92. The van der Waals surface area contributed by atoms with Crippen molar-refractivity contribution >= 4 is 47.7 Å². The average molecular weight is 432 g/mol. The number of nitrogens with two attached hydrogens (primary N) is 1. The Morgan fingerprint density at radius 2 is 1.79 bits per heavy atom. The van der Waals surface area contributed by atoms with Gasteiger partial charge in [0.15, 0.2) is 17.0 Å². The lowest BCUT2D eigenvalue weighted by Gasteiger charge is -2.27. The molecule has 160 valence electrons. The number of imidazole rings is 1. The second-order valence-electron chi connectivity index (χ2n) is 7.37. The van der Waals surface area contributed by atoms with Crippen molar-refractivity contribution in [3.63, 3.8) is 0 Å². The van der Waals surface area contributed by atoms with E-state index in [0.29, 0.717) is 24.1 Å². The molecule has 1 fully saturated rings. The monoisotopic (exact) mass is 431 g/mol. The molecule has 3 rings (SSSR count). The van der Waals surface area contributed by atoms with Gasteiger partial charge in [0.1, 0.15) is 0 Å². The van der Waals surface area contributed by atoms with Crippen LogP contribution in [0.4, 0.5) is 11.8 Å². The summed E-state index contributed by atoms with van der Waals surface area (Å²) < 4.78 is 2.20. The molecular weight excluding hydrogens is 397 g/mol. The minimum Gasteiger partial charge on any atom is -0.368 e. The molecule has 28 heavy (non-hydrogen) atoms. The summed E-state index contributed by atoms with van der Waals surface area (Å²) in [6, 6.07) is 1.15. The molecule has 2 heterocycles. The van der Waals surface area contributed by atoms with Crippen molar-refractivity contribution in [3.8, 4) is 0 Å². The fraction of sp³-hybridized carbons (Fsp3) is 0.737. The van der Waals surface area contributed by atoms with E-state index in [1.165, 1.54) is 0 Å². The number of hydrogen-bond acceptors (Lipinski definition) is 6. The highest BCUT2D eigenvalue weighted by Crippen LogP contribution is 2.27. The largest absolute Gasteiger partial charge is 0.368 e. The Morgan fingerprint density at radius 1 is 1.11 bits per heavy atom. The molecule has 4 N–H and O–H groups in total. The third-order valence-corrected chi connectivity index (χ3v) is 5.40. The molecular formula is C19H35Cl2N7. The van der Waals surface area contributed by atoms with Gasteiger partial charge in [-0.15, -0.1) is 24.8 Å². The number of nitrogens with zero attached hydrogens (tertiary/aromatic N) is 4. The summed E-state index contributed by atoms with van der Waals surface area (Å²) in [6.45, 7) is 7.45. The highest BCUT2D eigenvalue weighted by Gasteiger charge is 2.21.